The molecule has 0 saturated heterocycles. The summed E-state index contributed by atoms with van der Waals surface area (Å²) in [5.41, 5.74) is 4.80. The summed E-state index contributed by atoms with van der Waals surface area (Å²) in [6, 6.07) is 15.5. The second-order valence-electron chi connectivity index (χ2n) is 7.12. The maximum atomic E-state index is 12.6. The van der Waals surface area contributed by atoms with Crippen LogP contribution in [-0.4, -0.2) is 17.1 Å². The summed E-state index contributed by atoms with van der Waals surface area (Å²) in [5.74, 6) is 1.28. The zero-order chi connectivity index (χ0) is 20.1. The molecule has 5 heteroatoms. The van der Waals surface area contributed by atoms with Crippen LogP contribution in [0.15, 0.2) is 53.1 Å². The average molecular weight is 378 g/mol. The van der Waals surface area contributed by atoms with Crippen molar-refractivity contribution in [2.24, 2.45) is 0 Å². The Bertz CT molecular complexity index is 942. The smallest absolute Gasteiger partial charge is 0.251 e. The third kappa shape index (κ3) is 4.80. The molecule has 28 heavy (non-hydrogen) atoms. The van der Waals surface area contributed by atoms with Crippen molar-refractivity contribution in [1.82, 2.24) is 10.5 Å². The van der Waals surface area contributed by atoms with E-state index >= 15 is 0 Å². The zero-order valence-corrected chi connectivity index (χ0v) is 16.8. The van der Waals surface area contributed by atoms with Gasteiger partial charge in [-0.2, -0.15) is 0 Å². The van der Waals surface area contributed by atoms with Crippen LogP contribution in [0.4, 0.5) is 0 Å². The normalized spacial score (nSPS) is 11.9. The van der Waals surface area contributed by atoms with Gasteiger partial charge in [0.25, 0.3) is 5.91 Å². The number of carbonyl (C=O) groups is 1. The van der Waals surface area contributed by atoms with E-state index in [0.717, 1.165) is 23.4 Å². The molecule has 5 nitrogen and oxygen atoms in total. The van der Waals surface area contributed by atoms with Crippen LogP contribution in [-0.2, 0) is 13.0 Å². The molecular formula is C23H26N2O3. The topological polar surface area (TPSA) is 64.4 Å². The van der Waals surface area contributed by atoms with E-state index in [0.29, 0.717) is 17.9 Å². The summed E-state index contributed by atoms with van der Waals surface area (Å²) >= 11 is 0. The Morgan fingerprint density at radius 2 is 1.93 bits per heavy atom. The zero-order valence-electron chi connectivity index (χ0n) is 16.8. The lowest BCUT2D eigenvalue weighted by Crippen LogP contribution is -2.34. The fraction of sp³-hybridized carbons (Fsp3) is 0.304. The summed E-state index contributed by atoms with van der Waals surface area (Å²) < 4.78 is 11.0. The molecule has 2 aromatic carbocycles. The maximum absolute atomic E-state index is 12.6. The van der Waals surface area contributed by atoms with Gasteiger partial charge in [0.1, 0.15) is 18.1 Å². The SMILES string of the molecule is Cc1ccccc1CC(C)NC(=O)c1cccc(OCc2c(C)noc2C)c1. The van der Waals surface area contributed by atoms with E-state index < -0.39 is 0 Å². The first-order valence-corrected chi connectivity index (χ1v) is 9.44. The van der Waals surface area contributed by atoms with Crippen LogP contribution >= 0.6 is 0 Å². The average Bonchev–Trinajstić information content (AvgIpc) is 3.00. The van der Waals surface area contributed by atoms with E-state index in [9.17, 15) is 4.79 Å². The number of nitrogens with one attached hydrogen (secondary N) is 1. The van der Waals surface area contributed by atoms with Gasteiger partial charge < -0.3 is 14.6 Å². The molecule has 1 aromatic heterocycles. The highest BCUT2D eigenvalue weighted by atomic mass is 16.5. The lowest BCUT2D eigenvalue weighted by molar-refractivity contribution is 0.0939. The highest BCUT2D eigenvalue weighted by molar-refractivity contribution is 5.94. The summed E-state index contributed by atoms with van der Waals surface area (Å²) in [7, 11) is 0. The Morgan fingerprint density at radius 1 is 1.14 bits per heavy atom. The Balaban J connectivity index is 1.61. The van der Waals surface area contributed by atoms with Gasteiger partial charge in [0.2, 0.25) is 0 Å². The van der Waals surface area contributed by atoms with Crippen LogP contribution in [0.2, 0.25) is 0 Å². The van der Waals surface area contributed by atoms with Gasteiger partial charge in [0.05, 0.1) is 11.3 Å². The summed E-state index contributed by atoms with van der Waals surface area (Å²) in [6.07, 6.45) is 0.792. The molecule has 0 radical (unpaired) electrons. The number of ether oxygens (including phenoxy) is 1. The Labute approximate surface area is 165 Å². The third-order valence-electron chi connectivity index (χ3n) is 4.83. The Morgan fingerprint density at radius 3 is 2.64 bits per heavy atom. The van der Waals surface area contributed by atoms with Crippen LogP contribution in [0.5, 0.6) is 5.75 Å². The number of aromatic nitrogens is 1. The molecule has 0 aliphatic heterocycles. The number of hydrogen-bond donors (Lipinski definition) is 1. The standard InChI is InChI=1S/C23H26N2O3/c1-15-8-5-6-9-19(15)12-16(2)24-23(26)20-10-7-11-21(13-20)27-14-22-17(3)25-28-18(22)4/h5-11,13,16H,12,14H2,1-4H3,(H,24,26). The fourth-order valence-electron chi connectivity index (χ4n) is 3.12. The molecule has 1 amide bonds. The van der Waals surface area contributed by atoms with E-state index in [1.165, 1.54) is 11.1 Å². The molecule has 0 spiro atoms. The summed E-state index contributed by atoms with van der Waals surface area (Å²) in [5, 5.41) is 7.00. The molecule has 0 fully saturated rings. The van der Waals surface area contributed by atoms with Crippen molar-refractivity contribution in [3.05, 3.63) is 82.2 Å². The highest BCUT2D eigenvalue weighted by Gasteiger charge is 2.13. The highest BCUT2D eigenvalue weighted by Crippen LogP contribution is 2.19. The fourth-order valence-corrected chi connectivity index (χ4v) is 3.12. The lowest BCUT2D eigenvalue weighted by Gasteiger charge is -2.16. The van der Waals surface area contributed by atoms with Crippen molar-refractivity contribution in [2.45, 2.75) is 46.8 Å². The molecule has 1 N–H and O–H groups in total. The minimum Gasteiger partial charge on any atom is -0.489 e. The molecule has 3 rings (SSSR count). The van der Waals surface area contributed by atoms with E-state index in [1.54, 1.807) is 12.1 Å². The quantitative estimate of drug-likeness (QED) is 0.655. The second kappa shape index (κ2) is 8.74. The monoisotopic (exact) mass is 378 g/mol. The largest absolute Gasteiger partial charge is 0.489 e. The number of carbonyl (C=O) groups excluding carboxylic acids is 1. The molecule has 146 valence electrons. The third-order valence-corrected chi connectivity index (χ3v) is 4.83. The van der Waals surface area contributed by atoms with Crippen LogP contribution in [0.25, 0.3) is 0 Å². The van der Waals surface area contributed by atoms with Gasteiger partial charge >= 0.3 is 0 Å². The minimum atomic E-state index is -0.108. The van der Waals surface area contributed by atoms with Gasteiger partial charge in [-0.15, -0.1) is 0 Å². The molecule has 1 heterocycles. The molecule has 0 bridgehead atoms. The van der Waals surface area contributed by atoms with Gasteiger partial charge in [-0.1, -0.05) is 35.5 Å². The van der Waals surface area contributed by atoms with E-state index in [4.69, 9.17) is 9.26 Å². The van der Waals surface area contributed by atoms with Crippen LogP contribution in [0.1, 0.15) is 45.4 Å². The first kappa shape index (κ1) is 19.7. The second-order valence-corrected chi connectivity index (χ2v) is 7.12. The molecule has 1 atom stereocenters. The predicted octanol–water partition coefficient (Wildman–Crippen LogP) is 4.54. The lowest BCUT2D eigenvalue weighted by atomic mass is 10.0. The van der Waals surface area contributed by atoms with Crippen molar-refractivity contribution in [3.8, 4) is 5.75 Å². The molecule has 0 aliphatic rings. The molecule has 0 saturated carbocycles. The molecule has 1 unspecified atom stereocenters. The summed E-state index contributed by atoms with van der Waals surface area (Å²) in [6.45, 7) is 8.20. The molecule has 3 aromatic rings. The maximum Gasteiger partial charge on any atom is 0.251 e. The number of hydrogen-bond acceptors (Lipinski definition) is 4. The molecular weight excluding hydrogens is 352 g/mol. The first-order chi connectivity index (χ1) is 13.4. The summed E-state index contributed by atoms with van der Waals surface area (Å²) in [4.78, 5) is 12.6. The first-order valence-electron chi connectivity index (χ1n) is 9.44. The van der Waals surface area contributed by atoms with Gasteiger partial charge in [0, 0.05) is 11.6 Å². The van der Waals surface area contributed by atoms with Crippen LogP contribution < -0.4 is 10.1 Å². The predicted molar refractivity (Wildman–Crippen MR) is 109 cm³/mol. The van der Waals surface area contributed by atoms with Gasteiger partial charge in [-0.25, -0.2) is 0 Å². The number of benzene rings is 2. The number of aryl methyl sites for hydroxylation is 3. The van der Waals surface area contributed by atoms with Gasteiger partial charge in [-0.05, 0) is 63.4 Å². The van der Waals surface area contributed by atoms with Crippen molar-refractivity contribution in [3.63, 3.8) is 0 Å². The van der Waals surface area contributed by atoms with Crippen molar-refractivity contribution >= 4 is 5.91 Å². The number of nitrogens with zero attached hydrogens (tertiary/aromatic N) is 1. The Kier molecular flexibility index (Phi) is 6.14. The number of amides is 1. The molecule has 0 aliphatic carbocycles. The van der Waals surface area contributed by atoms with Crippen LogP contribution in [0, 0.1) is 20.8 Å². The van der Waals surface area contributed by atoms with E-state index in [-0.39, 0.29) is 11.9 Å². The minimum absolute atomic E-state index is 0.0282. The van der Waals surface area contributed by atoms with Crippen molar-refractivity contribution < 1.29 is 14.1 Å². The Hall–Kier alpha value is -3.08. The van der Waals surface area contributed by atoms with Crippen molar-refractivity contribution in [1.29, 1.82) is 0 Å². The van der Waals surface area contributed by atoms with Gasteiger partial charge in [-0.3, -0.25) is 4.79 Å². The van der Waals surface area contributed by atoms with E-state index in [2.05, 4.69) is 29.5 Å². The van der Waals surface area contributed by atoms with E-state index in [1.807, 2.05) is 45.0 Å². The van der Waals surface area contributed by atoms with Gasteiger partial charge in [0.15, 0.2) is 0 Å². The van der Waals surface area contributed by atoms with Crippen molar-refractivity contribution in [2.75, 3.05) is 0 Å². The number of rotatable bonds is 7. The van der Waals surface area contributed by atoms with Crippen LogP contribution in [0.3, 0.4) is 0 Å².